The van der Waals surface area contributed by atoms with Crippen molar-refractivity contribution in [2.75, 3.05) is 0 Å². The van der Waals surface area contributed by atoms with Crippen molar-refractivity contribution < 1.29 is 0 Å². The molecule has 0 spiro atoms. The summed E-state index contributed by atoms with van der Waals surface area (Å²) in [5, 5.41) is 2.13. The molecule has 0 unspecified atom stereocenters. The Morgan fingerprint density at radius 3 is 2.53 bits per heavy atom. The van der Waals surface area contributed by atoms with Crippen LogP contribution in [0, 0.1) is 0 Å². The van der Waals surface area contributed by atoms with Crippen LogP contribution in [0.2, 0.25) is 0 Å². The normalized spacial score (nSPS) is 11.7. The van der Waals surface area contributed by atoms with Crippen molar-refractivity contribution in [2.24, 2.45) is 0 Å². The first kappa shape index (κ1) is 10.2. The number of thiophene rings is 1. The molecule has 0 saturated heterocycles. The predicted octanol–water partition coefficient (Wildman–Crippen LogP) is 4.59. The van der Waals surface area contributed by atoms with E-state index in [1.54, 1.807) is 11.3 Å². The van der Waals surface area contributed by atoms with E-state index in [1.807, 2.05) is 0 Å². The summed E-state index contributed by atoms with van der Waals surface area (Å²) < 4.78 is 0. The Morgan fingerprint density at radius 2 is 1.93 bits per heavy atom. The van der Waals surface area contributed by atoms with E-state index in [4.69, 9.17) is 0 Å². The number of rotatable bonds is 3. The minimum absolute atomic E-state index is 1.07. The molecule has 0 bridgehead atoms. The van der Waals surface area contributed by atoms with Crippen molar-refractivity contribution in [1.29, 1.82) is 0 Å². The minimum Gasteiger partial charge on any atom is -0.144 e. The highest BCUT2D eigenvalue weighted by atomic mass is 32.1. The Kier molecular flexibility index (Phi) is 3.36. The molecule has 0 aliphatic heterocycles. The van der Waals surface area contributed by atoms with E-state index in [-0.39, 0.29) is 0 Å². The Balaban J connectivity index is 2.42. The third kappa shape index (κ3) is 2.37. The quantitative estimate of drug-likeness (QED) is 0.701. The van der Waals surface area contributed by atoms with Crippen LogP contribution in [0.4, 0.5) is 0 Å². The average molecular weight is 214 g/mol. The van der Waals surface area contributed by atoms with Gasteiger partial charge in [0.05, 0.1) is 0 Å². The highest BCUT2D eigenvalue weighted by molar-refractivity contribution is 7.11. The van der Waals surface area contributed by atoms with Gasteiger partial charge in [-0.15, -0.1) is 11.3 Å². The minimum atomic E-state index is 1.07. The van der Waals surface area contributed by atoms with Gasteiger partial charge in [0.15, 0.2) is 0 Å². The van der Waals surface area contributed by atoms with Gasteiger partial charge in [-0.25, -0.2) is 0 Å². The molecule has 1 heteroatoms. The van der Waals surface area contributed by atoms with Crippen LogP contribution in [0.1, 0.15) is 23.8 Å². The standard InChI is InChI=1S/C14H14S/c1-2-7-13(14-10-6-11-15-14)12-8-4-3-5-9-12/h3-11H,2H2,1H3/b13-7+. The summed E-state index contributed by atoms with van der Waals surface area (Å²) in [6.45, 7) is 2.18. The summed E-state index contributed by atoms with van der Waals surface area (Å²) in [6.07, 6.45) is 3.36. The van der Waals surface area contributed by atoms with Crippen LogP contribution in [0.5, 0.6) is 0 Å². The van der Waals surface area contributed by atoms with Crippen LogP contribution in [-0.4, -0.2) is 0 Å². The molecule has 0 radical (unpaired) electrons. The molecule has 0 amide bonds. The van der Waals surface area contributed by atoms with E-state index in [1.165, 1.54) is 16.0 Å². The largest absolute Gasteiger partial charge is 0.144 e. The zero-order valence-corrected chi connectivity index (χ0v) is 9.63. The second kappa shape index (κ2) is 4.94. The summed E-state index contributed by atoms with van der Waals surface area (Å²) >= 11 is 1.80. The molecule has 0 fully saturated rings. The summed E-state index contributed by atoms with van der Waals surface area (Å²) in [4.78, 5) is 1.35. The van der Waals surface area contributed by atoms with Crippen LogP contribution in [0.25, 0.3) is 5.57 Å². The van der Waals surface area contributed by atoms with Crippen LogP contribution in [0.15, 0.2) is 53.9 Å². The van der Waals surface area contributed by atoms with Gasteiger partial charge in [0.1, 0.15) is 0 Å². The van der Waals surface area contributed by atoms with Crippen molar-refractivity contribution >= 4 is 16.9 Å². The summed E-state index contributed by atoms with van der Waals surface area (Å²) in [5.74, 6) is 0. The van der Waals surface area contributed by atoms with Crippen molar-refractivity contribution in [3.8, 4) is 0 Å². The van der Waals surface area contributed by atoms with Crippen LogP contribution in [0.3, 0.4) is 0 Å². The molecule has 15 heavy (non-hydrogen) atoms. The van der Waals surface area contributed by atoms with Crippen LogP contribution in [-0.2, 0) is 0 Å². The first-order valence-corrected chi connectivity index (χ1v) is 6.09. The Morgan fingerprint density at radius 1 is 1.13 bits per heavy atom. The number of benzene rings is 1. The Bertz CT molecular complexity index is 424. The molecule has 1 aromatic heterocycles. The topological polar surface area (TPSA) is 0 Å². The third-order valence-electron chi connectivity index (χ3n) is 2.28. The molecule has 1 heterocycles. The van der Waals surface area contributed by atoms with Gasteiger partial charge in [-0.05, 0) is 29.0 Å². The highest BCUT2D eigenvalue weighted by Crippen LogP contribution is 2.27. The van der Waals surface area contributed by atoms with Gasteiger partial charge in [0.25, 0.3) is 0 Å². The number of hydrogen-bond donors (Lipinski definition) is 0. The fourth-order valence-corrected chi connectivity index (χ4v) is 2.40. The monoisotopic (exact) mass is 214 g/mol. The lowest BCUT2D eigenvalue weighted by Crippen LogP contribution is -1.83. The summed E-state index contributed by atoms with van der Waals surface area (Å²) in [6, 6.07) is 14.9. The first-order chi connectivity index (χ1) is 7.42. The lowest BCUT2D eigenvalue weighted by Gasteiger charge is -2.04. The van der Waals surface area contributed by atoms with Crippen LogP contribution >= 0.6 is 11.3 Å². The van der Waals surface area contributed by atoms with Gasteiger partial charge in [0, 0.05) is 4.88 Å². The molecule has 0 N–H and O–H groups in total. The van der Waals surface area contributed by atoms with E-state index < -0.39 is 0 Å². The van der Waals surface area contributed by atoms with Gasteiger partial charge < -0.3 is 0 Å². The molecule has 76 valence electrons. The second-order valence-corrected chi connectivity index (χ2v) is 4.32. The van der Waals surface area contributed by atoms with Crippen molar-refractivity contribution in [3.05, 3.63) is 64.4 Å². The molecule has 0 aliphatic rings. The fourth-order valence-electron chi connectivity index (χ4n) is 1.61. The van der Waals surface area contributed by atoms with Gasteiger partial charge in [-0.2, -0.15) is 0 Å². The van der Waals surface area contributed by atoms with E-state index in [9.17, 15) is 0 Å². The number of allylic oxidation sites excluding steroid dienone is 1. The predicted molar refractivity (Wildman–Crippen MR) is 68.1 cm³/mol. The smallest absolute Gasteiger partial charge is 0.0345 e. The third-order valence-corrected chi connectivity index (χ3v) is 3.18. The molecular weight excluding hydrogens is 200 g/mol. The first-order valence-electron chi connectivity index (χ1n) is 5.21. The van der Waals surface area contributed by atoms with E-state index in [2.05, 4.69) is 60.8 Å². The lowest BCUT2D eigenvalue weighted by atomic mass is 10.0. The van der Waals surface area contributed by atoms with E-state index >= 15 is 0 Å². The van der Waals surface area contributed by atoms with E-state index in [0.717, 1.165) is 6.42 Å². The lowest BCUT2D eigenvalue weighted by molar-refractivity contribution is 1.23. The highest BCUT2D eigenvalue weighted by Gasteiger charge is 2.03. The van der Waals surface area contributed by atoms with Gasteiger partial charge in [0.2, 0.25) is 0 Å². The number of hydrogen-bond acceptors (Lipinski definition) is 1. The van der Waals surface area contributed by atoms with Crippen molar-refractivity contribution in [3.63, 3.8) is 0 Å². The van der Waals surface area contributed by atoms with Crippen molar-refractivity contribution in [2.45, 2.75) is 13.3 Å². The van der Waals surface area contributed by atoms with Crippen molar-refractivity contribution in [1.82, 2.24) is 0 Å². The molecule has 0 saturated carbocycles. The van der Waals surface area contributed by atoms with Crippen LogP contribution < -0.4 is 0 Å². The maximum absolute atomic E-state index is 2.29. The second-order valence-electron chi connectivity index (χ2n) is 3.37. The molecule has 0 aliphatic carbocycles. The molecule has 2 aromatic rings. The Hall–Kier alpha value is -1.34. The fraction of sp³-hybridized carbons (Fsp3) is 0.143. The molecular formula is C14H14S. The van der Waals surface area contributed by atoms with E-state index in [0.29, 0.717) is 0 Å². The molecule has 2 rings (SSSR count). The maximum atomic E-state index is 2.29. The maximum Gasteiger partial charge on any atom is 0.0345 e. The summed E-state index contributed by atoms with van der Waals surface area (Å²) in [5.41, 5.74) is 2.66. The van der Waals surface area contributed by atoms with Gasteiger partial charge in [-0.1, -0.05) is 49.4 Å². The average Bonchev–Trinajstić information content (AvgIpc) is 2.80. The Labute approximate surface area is 94.9 Å². The molecule has 0 atom stereocenters. The zero-order chi connectivity index (χ0) is 10.5. The summed E-state index contributed by atoms with van der Waals surface area (Å²) in [7, 11) is 0. The van der Waals surface area contributed by atoms with Gasteiger partial charge >= 0.3 is 0 Å². The molecule has 1 aromatic carbocycles. The molecule has 0 nitrogen and oxygen atoms in total. The zero-order valence-electron chi connectivity index (χ0n) is 8.81. The van der Waals surface area contributed by atoms with Gasteiger partial charge in [-0.3, -0.25) is 0 Å². The SMILES string of the molecule is CC/C=C(\c1ccccc1)c1cccs1.